The molecule has 4 rings (SSSR count). The molecular weight excluding hydrogens is 382 g/mol. The Morgan fingerprint density at radius 2 is 0.958 bits per heavy atom. The zero-order chi connectivity index (χ0) is 16.5. The molecule has 0 amide bonds. The first-order valence-electron chi connectivity index (χ1n) is 10.6. The first-order chi connectivity index (χ1) is 11.8. The van der Waals surface area contributed by atoms with Crippen LogP contribution < -0.4 is 0 Å². The van der Waals surface area contributed by atoms with E-state index in [1.165, 1.54) is 96.3 Å². The number of hydrogen-bond acceptors (Lipinski definition) is 3. The van der Waals surface area contributed by atoms with E-state index in [9.17, 15) is 0 Å². The van der Waals surface area contributed by atoms with Crippen LogP contribution in [-0.4, -0.2) is 18.3 Å². The molecule has 4 aliphatic rings. The molecule has 0 bridgehead atoms. The Morgan fingerprint density at radius 1 is 0.625 bits per heavy atom. The van der Waals surface area contributed by atoms with Gasteiger partial charge in [0.25, 0.3) is 0 Å². The summed E-state index contributed by atoms with van der Waals surface area (Å²) < 4.78 is 8.15. The molecule has 3 nitrogen and oxygen atoms in total. The van der Waals surface area contributed by atoms with E-state index in [1.807, 2.05) is 0 Å². The van der Waals surface area contributed by atoms with Gasteiger partial charge in [0.05, 0.1) is 0 Å². The Morgan fingerprint density at radius 3 is 1.21 bits per heavy atom. The van der Waals surface area contributed by atoms with Crippen molar-refractivity contribution in [2.45, 2.75) is 115 Å². The van der Waals surface area contributed by atoms with E-state index in [0.29, 0.717) is 0 Å². The van der Waals surface area contributed by atoms with Crippen molar-refractivity contribution >= 4 is 23.0 Å². The van der Waals surface area contributed by atoms with Gasteiger partial charge in [-0.15, -0.1) is 0 Å². The molecule has 140 valence electrons. The molecule has 0 spiro atoms. The van der Waals surface area contributed by atoms with Crippen LogP contribution in [0.4, 0.5) is 0 Å². The van der Waals surface area contributed by atoms with Crippen molar-refractivity contribution in [3.8, 4) is 0 Å². The van der Waals surface area contributed by atoms with Crippen molar-refractivity contribution in [1.29, 1.82) is 0 Å². The van der Waals surface area contributed by atoms with Gasteiger partial charge < -0.3 is 0 Å². The molecule has 24 heavy (non-hydrogen) atoms. The molecule has 0 N–H and O–H groups in total. The molecule has 0 aromatic carbocycles. The zero-order valence-electron chi connectivity index (χ0n) is 15.1. The Labute approximate surface area is 152 Å². The van der Waals surface area contributed by atoms with Crippen LogP contribution in [0.1, 0.15) is 96.3 Å². The first-order valence-corrected chi connectivity index (χ1v) is 15.7. The SMILES string of the molecule is POC1([AsH](C2CCCCC2)(C2CCCCC2)C2CCCCC2)OO1. The fraction of sp³-hybridized carbons (Fsp3) is 1.00. The van der Waals surface area contributed by atoms with Crippen molar-refractivity contribution in [2.24, 2.45) is 0 Å². The van der Waals surface area contributed by atoms with Gasteiger partial charge in [-0.2, -0.15) is 0 Å². The maximum absolute atomic E-state index is 6.03. The summed E-state index contributed by atoms with van der Waals surface area (Å²) in [6, 6.07) is 0. The Bertz CT molecular complexity index is 365. The summed E-state index contributed by atoms with van der Waals surface area (Å²) in [6.07, 6.45) is 21.4. The third-order valence-electron chi connectivity index (χ3n) is 7.76. The quantitative estimate of drug-likeness (QED) is 0.233. The predicted octanol–water partition coefficient (Wildman–Crippen LogP) is 6.13. The average molecular weight is 418 g/mol. The Kier molecular flexibility index (Phi) is 5.97. The third kappa shape index (κ3) is 3.05. The van der Waals surface area contributed by atoms with Crippen LogP contribution in [0, 0.1) is 0 Å². The van der Waals surface area contributed by atoms with Gasteiger partial charge in [0, 0.05) is 0 Å². The topological polar surface area (TPSA) is 34.3 Å². The van der Waals surface area contributed by atoms with Gasteiger partial charge in [0.1, 0.15) is 0 Å². The molecule has 0 radical (unpaired) electrons. The van der Waals surface area contributed by atoms with E-state index in [1.54, 1.807) is 0 Å². The van der Waals surface area contributed by atoms with Crippen molar-refractivity contribution < 1.29 is 14.3 Å². The van der Waals surface area contributed by atoms with Crippen molar-refractivity contribution in [2.75, 3.05) is 0 Å². The summed E-state index contributed by atoms with van der Waals surface area (Å²) >= 11 is -2.59. The number of hydrogen-bond donors (Lipinski definition) is 0. The van der Waals surface area contributed by atoms with E-state index >= 15 is 0 Å². The van der Waals surface area contributed by atoms with Gasteiger partial charge in [-0.25, -0.2) is 0 Å². The van der Waals surface area contributed by atoms with E-state index in [2.05, 4.69) is 9.47 Å². The molecule has 1 heterocycles. The van der Waals surface area contributed by atoms with Crippen LogP contribution in [-0.2, 0) is 14.3 Å². The fourth-order valence-electron chi connectivity index (χ4n) is 6.81. The van der Waals surface area contributed by atoms with E-state index in [0.717, 1.165) is 14.1 Å². The van der Waals surface area contributed by atoms with E-state index < -0.39 is 18.3 Å². The standard InChI is InChI=1S/C19H36AsO3P/c24-23-19(21-22-19)20(16-10-4-1-5-11-16,17-12-6-2-7-13-17)18-14-8-3-9-15-18/h16-18,20H,1-15,24H2. The van der Waals surface area contributed by atoms with Crippen LogP contribution in [0.3, 0.4) is 0 Å². The molecule has 4 fully saturated rings. The maximum atomic E-state index is 6.03. The molecular formula is C19H36AsO3P. The van der Waals surface area contributed by atoms with Crippen LogP contribution >= 0.6 is 9.47 Å². The molecule has 5 heteroatoms. The predicted molar refractivity (Wildman–Crippen MR) is 103 cm³/mol. The first kappa shape index (κ1) is 18.2. The van der Waals surface area contributed by atoms with Gasteiger partial charge in [-0.3, -0.25) is 0 Å². The van der Waals surface area contributed by atoms with Gasteiger partial charge in [0.15, 0.2) is 0 Å². The normalized spacial score (nSPS) is 31.0. The molecule has 1 unspecified atom stereocenters. The number of rotatable bonds is 5. The monoisotopic (exact) mass is 418 g/mol. The zero-order valence-corrected chi connectivity index (χ0v) is 18.4. The van der Waals surface area contributed by atoms with Gasteiger partial charge in [0.2, 0.25) is 0 Å². The van der Waals surface area contributed by atoms with Gasteiger partial charge in [-0.1, -0.05) is 0 Å². The second-order valence-corrected chi connectivity index (χ2v) is 19.4. The van der Waals surface area contributed by atoms with Crippen molar-refractivity contribution in [3.05, 3.63) is 0 Å². The minimum atomic E-state index is -2.59. The second kappa shape index (κ2) is 7.85. The van der Waals surface area contributed by atoms with E-state index in [4.69, 9.17) is 14.3 Å². The second-order valence-electron chi connectivity index (χ2n) is 8.78. The summed E-state index contributed by atoms with van der Waals surface area (Å²) in [4.78, 5) is 11.6. The summed E-state index contributed by atoms with van der Waals surface area (Å²) in [7, 11) is 2.53. The third-order valence-corrected chi connectivity index (χ3v) is 23.5. The summed E-state index contributed by atoms with van der Waals surface area (Å²) in [5, 5.41) is 0. The molecule has 1 aliphatic heterocycles. The fourth-order valence-corrected chi connectivity index (χ4v) is 25.0. The molecule has 3 aliphatic carbocycles. The molecule has 0 aromatic heterocycles. The van der Waals surface area contributed by atoms with Crippen molar-refractivity contribution in [1.82, 2.24) is 0 Å². The van der Waals surface area contributed by atoms with Crippen LogP contribution in [0.15, 0.2) is 0 Å². The Hall–Kier alpha value is 0.868. The molecule has 1 saturated heterocycles. The molecule has 0 aromatic rings. The van der Waals surface area contributed by atoms with Crippen LogP contribution in [0.5, 0.6) is 0 Å². The van der Waals surface area contributed by atoms with Crippen molar-refractivity contribution in [3.63, 3.8) is 0 Å². The van der Waals surface area contributed by atoms with E-state index in [-0.39, 0.29) is 0 Å². The summed E-state index contributed by atoms with van der Waals surface area (Å²) in [5.74, 6) is 0. The minimum absolute atomic E-state index is 0.573. The van der Waals surface area contributed by atoms with Gasteiger partial charge in [-0.05, 0) is 0 Å². The Balaban J connectivity index is 1.74. The molecule has 1 atom stereocenters. The molecule has 3 saturated carbocycles. The summed E-state index contributed by atoms with van der Waals surface area (Å²) in [6.45, 7) is 0. The van der Waals surface area contributed by atoms with Crippen LogP contribution in [0.25, 0.3) is 0 Å². The van der Waals surface area contributed by atoms with Crippen LogP contribution in [0.2, 0.25) is 14.1 Å². The van der Waals surface area contributed by atoms with Gasteiger partial charge >= 0.3 is 153 Å². The average Bonchev–Trinajstić information content (AvgIpc) is 3.47. The summed E-state index contributed by atoms with van der Waals surface area (Å²) in [5.41, 5.74) is 0.